The maximum atomic E-state index is 11.7. The Balaban J connectivity index is 3.16. The summed E-state index contributed by atoms with van der Waals surface area (Å²) in [5.74, 6) is 0.0910. The van der Waals surface area contributed by atoms with Crippen LogP contribution in [0.3, 0.4) is 0 Å². The standard InChI is InChI=1S/C10H19N3O2S2/c1-10(2,3)6-13(4)9-7(17(5,14)15)8(11)12-16-9/h6H2,1-5H3,(H2,11,12). The fourth-order valence-electron chi connectivity index (χ4n) is 1.66. The summed E-state index contributed by atoms with van der Waals surface area (Å²) in [5.41, 5.74) is 5.69. The van der Waals surface area contributed by atoms with Gasteiger partial charge in [0, 0.05) is 19.8 Å². The van der Waals surface area contributed by atoms with Crippen LogP contribution >= 0.6 is 11.5 Å². The Bertz CT molecular complexity index is 500. The Morgan fingerprint density at radius 3 is 2.35 bits per heavy atom. The normalized spacial score (nSPS) is 12.8. The molecule has 0 atom stereocenters. The monoisotopic (exact) mass is 277 g/mol. The van der Waals surface area contributed by atoms with Crippen molar-refractivity contribution in [2.75, 3.05) is 30.5 Å². The van der Waals surface area contributed by atoms with Gasteiger partial charge in [-0.1, -0.05) is 20.8 Å². The molecule has 0 unspecified atom stereocenters. The van der Waals surface area contributed by atoms with Crippen LogP contribution < -0.4 is 10.6 Å². The second-order valence-electron chi connectivity index (χ2n) is 5.39. The summed E-state index contributed by atoms with van der Waals surface area (Å²) in [6.07, 6.45) is 1.15. The fourth-order valence-corrected chi connectivity index (χ4v) is 3.85. The van der Waals surface area contributed by atoms with E-state index in [9.17, 15) is 8.42 Å². The van der Waals surface area contributed by atoms with Crippen LogP contribution in [0.25, 0.3) is 0 Å². The van der Waals surface area contributed by atoms with Crippen LogP contribution in [0.5, 0.6) is 0 Å². The average molecular weight is 277 g/mol. The molecular weight excluding hydrogens is 258 g/mol. The smallest absolute Gasteiger partial charge is 0.182 e. The summed E-state index contributed by atoms with van der Waals surface area (Å²) in [6, 6.07) is 0. The molecule has 1 rings (SSSR count). The second-order valence-corrected chi connectivity index (χ2v) is 8.10. The Morgan fingerprint density at radius 1 is 1.41 bits per heavy atom. The maximum Gasteiger partial charge on any atom is 0.182 e. The highest BCUT2D eigenvalue weighted by Gasteiger charge is 2.25. The predicted molar refractivity (Wildman–Crippen MR) is 72.4 cm³/mol. The van der Waals surface area contributed by atoms with Gasteiger partial charge >= 0.3 is 0 Å². The lowest BCUT2D eigenvalue weighted by molar-refractivity contribution is 0.419. The summed E-state index contributed by atoms with van der Waals surface area (Å²) in [6.45, 7) is 7.01. The van der Waals surface area contributed by atoms with Gasteiger partial charge in [0.25, 0.3) is 0 Å². The van der Waals surface area contributed by atoms with E-state index in [1.165, 1.54) is 0 Å². The van der Waals surface area contributed by atoms with Gasteiger partial charge in [-0.05, 0) is 16.9 Å². The van der Waals surface area contributed by atoms with Crippen molar-refractivity contribution in [2.24, 2.45) is 5.41 Å². The van der Waals surface area contributed by atoms with E-state index >= 15 is 0 Å². The lowest BCUT2D eigenvalue weighted by atomic mass is 9.96. The first-order chi connectivity index (χ1) is 7.52. The summed E-state index contributed by atoms with van der Waals surface area (Å²) in [4.78, 5) is 2.04. The summed E-state index contributed by atoms with van der Waals surface area (Å²) < 4.78 is 27.3. The molecule has 0 bridgehead atoms. The van der Waals surface area contributed by atoms with Crippen molar-refractivity contribution in [2.45, 2.75) is 25.7 Å². The first kappa shape index (κ1) is 14.2. The van der Waals surface area contributed by atoms with E-state index < -0.39 is 9.84 Å². The van der Waals surface area contributed by atoms with Gasteiger partial charge < -0.3 is 10.6 Å². The Labute approximate surface area is 107 Å². The van der Waals surface area contributed by atoms with Gasteiger partial charge in [0.2, 0.25) is 0 Å². The van der Waals surface area contributed by atoms with E-state index in [1.807, 2.05) is 11.9 Å². The Kier molecular flexibility index (Phi) is 3.73. The van der Waals surface area contributed by atoms with E-state index in [1.54, 1.807) is 0 Å². The van der Waals surface area contributed by atoms with Crippen LogP contribution in [0.15, 0.2) is 4.90 Å². The minimum absolute atomic E-state index is 0.0717. The van der Waals surface area contributed by atoms with E-state index in [4.69, 9.17) is 5.73 Å². The zero-order valence-electron chi connectivity index (χ0n) is 10.8. The number of anilines is 2. The molecule has 17 heavy (non-hydrogen) atoms. The molecule has 0 amide bonds. The quantitative estimate of drug-likeness (QED) is 0.908. The third-order valence-electron chi connectivity index (χ3n) is 2.09. The highest BCUT2D eigenvalue weighted by Crippen LogP contribution is 2.35. The molecule has 1 heterocycles. The highest BCUT2D eigenvalue weighted by atomic mass is 32.2. The maximum absolute atomic E-state index is 11.7. The van der Waals surface area contributed by atoms with Gasteiger partial charge in [0.15, 0.2) is 15.7 Å². The van der Waals surface area contributed by atoms with Crippen molar-refractivity contribution >= 4 is 32.2 Å². The van der Waals surface area contributed by atoms with Gasteiger partial charge in [0.1, 0.15) is 9.90 Å². The van der Waals surface area contributed by atoms with Crippen molar-refractivity contribution < 1.29 is 8.42 Å². The molecule has 1 aromatic rings. The summed E-state index contributed by atoms with van der Waals surface area (Å²) in [5, 5.41) is 0.611. The fraction of sp³-hybridized carbons (Fsp3) is 0.700. The topological polar surface area (TPSA) is 76.3 Å². The molecule has 0 aliphatic carbocycles. The summed E-state index contributed by atoms with van der Waals surface area (Å²) >= 11 is 1.12. The molecule has 0 fully saturated rings. The zero-order valence-corrected chi connectivity index (χ0v) is 12.4. The van der Waals surface area contributed by atoms with Crippen molar-refractivity contribution in [3.8, 4) is 0 Å². The largest absolute Gasteiger partial charge is 0.382 e. The van der Waals surface area contributed by atoms with Crippen LogP contribution in [0.2, 0.25) is 0 Å². The number of nitrogen functional groups attached to an aromatic ring is 1. The molecule has 2 N–H and O–H groups in total. The van der Waals surface area contributed by atoms with E-state index in [-0.39, 0.29) is 16.1 Å². The third-order valence-corrected chi connectivity index (χ3v) is 4.34. The molecule has 0 radical (unpaired) electrons. The summed E-state index contributed by atoms with van der Waals surface area (Å²) in [7, 11) is -1.49. The number of aromatic nitrogens is 1. The molecule has 98 valence electrons. The molecule has 5 nitrogen and oxygen atoms in total. The van der Waals surface area contributed by atoms with E-state index in [0.717, 1.165) is 24.3 Å². The SMILES string of the molecule is CN(CC(C)(C)C)c1snc(N)c1S(C)(=O)=O. The van der Waals surface area contributed by atoms with E-state index in [0.29, 0.717) is 5.00 Å². The van der Waals surface area contributed by atoms with Gasteiger partial charge in [-0.3, -0.25) is 0 Å². The van der Waals surface area contributed by atoms with Crippen LogP contribution in [0, 0.1) is 5.41 Å². The van der Waals surface area contributed by atoms with Crippen molar-refractivity contribution in [1.29, 1.82) is 0 Å². The van der Waals surface area contributed by atoms with Gasteiger partial charge in [0.05, 0.1) is 0 Å². The number of nitrogens with zero attached hydrogens (tertiary/aromatic N) is 2. The number of rotatable bonds is 3. The first-order valence-corrected chi connectivity index (χ1v) is 7.85. The van der Waals surface area contributed by atoms with Crippen molar-refractivity contribution in [3.05, 3.63) is 0 Å². The third kappa shape index (κ3) is 3.57. The van der Waals surface area contributed by atoms with Crippen molar-refractivity contribution in [3.63, 3.8) is 0 Å². The molecule has 0 aliphatic heterocycles. The molecule has 0 aromatic carbocycles. The first-order valence-electron chi connectivity index (χ1n) is 5.19. The number of nitrogens with two attached hydrogens (primary N) is 1. The molecule has 0 spiro atoms. The lowest BCUT2D eigenvalue weighted by Crippen LogP contribution is -2.29. The van der Waals surface area contributed by atoms with Gasteiger partial charge in [-0.25, -0.2) is 8.42 Å². The van der Waals surface area contributed by atoms with E-state index in [2.05, 4.69) is 25.1 Å². The van der Waals surface area contributed by atoms with Crippen LogP contribution in [-0.2, 0) is 9.84 Å². The van der Waals surface area contributed by atoms with Gasteiger partial charge in [-0.2, -0.15) is 4.37 Å². The molecule has 0 saturated carbocycles. The molecule has 0 saturated heterocycles. The molecule has 1 aromatic heterocycles. The van der Waals surface area contributed by atoms with Crippen LogP contribution in [0.1, 0.15) is 20.8 Å². The molecule has 0 aliphatic rings. The van der Waals surface area contributed by atoms with Crippen molar-refractivity contribution in [1.82, 2.24) is 4.37 Å². The predicted octanol–water partition coefficient (Wildman–Crippen LogP) is 1.61. The minimum Gasteiger partial charge on any atom is -0.382 e. The van der Waals surface area contributed by atoms with Crippen LogP contribution in [0.4, 0.5) is 10.8 Å². The number of sulfone groups is 1. The number of hydrogen-bond donors (Lipinski definition) is 1. The zero-order chi connectivity index (χ0) is 13.4. The Hall–Kier alpha value is -0.820. The second kappa shape index (κ2) is 4.45. The Morgan fingerprint density at radius 2 is 1.94 bits per heavy atom. The number of hydrogen-bond acceptors (Lipinski definition) is 6. The molecular formula is C10H19N3O2S2. The van der Waals surface area contributed by atoms with Gasteiger partial charge in [-0.15, -0.1) is 0 Å². The van der Waals surface area contributed by atoms with Crippen LogP contribution in [-0.4, -0.2) is 32.6 Å². The minimum atomic E-state index is -3.34. The highest BCUT2D eigenvalue weighted by molar-refractivity contribution is 7.91. The lowest BCUT2D eigenvalue weighted by Gasteiger charge is -2.27. The average Bonchev–Trinajstić information content (AvgIpc) is 2.42. The molecule has 7 heteroatoms.